The Bertz CT molecular complexity index is 829. The molecule has 0 unspecified atom stereocenters. The predicted molar refractivity (Wildman–Crippen MR) is 98.3 cm³/mol. The zero-order chi connectivity index (χ0) is 17.5. The second kappa shape index (κ2) is 8.35. The van der Waals surface area contributed by atoms with Crippen LogP contribution in [0, 0.1) is 0 Å². The minimum absolute atomic E-state index is 0.0291. The molecule has 0 aliphatic carbocycles. The Morgan fingerprint density at radius 2 is 1.84 bits per heavy atom. The molecule has 0 atom stereocenters. The third-order valence-corrected chi connectivity index (χ3v) is 4.25. The fraction of sp³-hybridized carbons (Fsp3) is 0.150. The Morgan fingerprint density at radius 3 is 2.52 bits per heavy atom. The highest BCUT2D eigenvalue weighted by Gasteiger charge is 2.04. The monoisotopic (exact) mass is 354 g/mol. The first kappa shape index (κ1) is 17.0. The molecule has 2 aromatic heterocycles. The van der Waals surface area contributed by atoms with Gasteiger partial charge in [0.25, 0.3) is 0 Å². The standard InChI is InChI=1S/C20H18O4S/c1-2-22-15-5-7-16(8-6-15)23-14-18-10-9-17(24-18)11-12-19(21)20-4-3-13-25-20/h3-13H,2,14H2,1H3/b12-11+. The lowest BCUT2D eigenvalue weighted by atomic mass is 10.3. The zero-order valence-corrected chi connectivity index (χ0v) is 14.6. The summed E-state index contributed by atoms with van der Waals surface area (Å²) in [5.41, 5.74) is 0. The molecule has 0 saturated heterocycles. The molecule has 128 valence electrons. The molecule has 0 amide bonds. The van der Waals surface area contributed by atoms with Gasteiger partial charge in [0, 0.05) is 0 Å². The molecule has 4 nitrogen and oxygen atoms in total. The molecule has 0 N–H and O–H groups in total. The van der Waals surface area contributed by atoms with Crippen molar-refractivity contribution < 1.29 is 18.7 Å². The molecule has 0 bridgehead atoms. The third-order valence-electron chi connectivity index (χ3n) is 3.36. The first-order valence-electron chi connectivity index (χ1n) is 7.95. The van der Waals surface area contributed by atoms with Gasteiger partial charge in [-0.25, -0.2) is 0 Å². The zero-order valence-electron chi connectivity index (χ0n) is 13.8. The number of carbonyl (C=O) groups excluding carboxylic acids is 1. The number of carbonyl (C=O) groups is 1. The molecule has 0 radical (unpaired) electrons. The maximum atomic E-state index is 11.9. The van der Waals surface area contributed by atoms with E-state index in [1.165, 1.54) is 17.4 Å². The number of thiophene rings is 1. The summed E-state index contributed by atoms with van der Waals surface area (Å²) < 4.78 is 16.7. The van der Waals surface area contributed by atoms with Crippen molar-refractivity contribution in [1.82, 2.24) is 0 Å². The largest absolute Gasteiger partial charge is 0.494 e. The van der Waals surface area contributed by atoms with Crippen LogP contribution in [0.3, 0.4) is 0 Å². The number of furan rings is 1. The normalized spacial score (nSPS) is 10.9. The van der Waals surface area contributed by atoms with Crippen molar-refractivity contribution in [2.75, 3.05) is 6.61 Å². The molecule has 3 aromatic rings. The van der Waals surface area contributed by atoms with Gasteiger partial charge in [-0.3, -0.25) is 4.79 Å². The average Bonchev–Trinajstić information content (AvgIpc) is 3.31. The van der Waals surface area contributed by atoms with E-state index in [1.807, 2.05) is 54.8 Å². The van der Waals surface area contributed by atoms with Crippen molar-refractivity contribution in [3.05, 3.63) is 76.4 Å². The van der Waals surface area contributed by atoms with Crippen molar-refractivity contribution >= 4 is 23.2 Å². The van der Waals surface area contributed by atoms with E-state index in [-0.39, 0.29) is 5.78 Å². The summed E-state index contributed by atoms with van der Waals surface area (Å²) in [6.45, 7) is 2.90. The van der Waals surface area contributed by atoms with Crippen molar-refractivity contribution in [1.29, 1.82) is 0 Å². The van der Waals surface area contributed by atoms with Crippen molar-refractivity contribution in [2.45, 2.75) is 13.5 Å². The van der Waals surface area contributed by atoms with Crippen LogP contribution in [0.25, 0.3) is 6.08 Å². The molecular weight excluding hydrogens is 336 g/mol. The molecule has 2 heterocycles. The average molecular weight is 354 g/mol. The summed E-state index contributed by atoms with van der Waals surface area (Å²) in [6.07, 6.45) is 3.18. The van der Waals surface area contributed by atoms with Crippen LogP contribution in [0.1, 0.15) is 28.1 Å². The van der Waals surface area contributed by atoms with Gasteiger partial charge in [0.05, 0.1) is 11.5 Å². The number of benzene rings is 1. The van der Waals surface area contributed by atoms with Gasteiger partial charge in [-0.1, -0.05) is 6.07 Å². The first-order chi connectivity index (χ1) is 12.2. The van der Waals surface area contributed by atoms with E-state index < -0.39 is 0 Å². The lowest BCUT2D eigenvalue weighted by Crippen LogP contribution is -1.94. The number of hydrogen-bond donors (Lipinski definition) is 0. The quantitative estimate of drug-likeness (QED) is 0.411. The Kier molecular flexibility index (Phi) is 5.69. The molecule has 0 fully saturated rings. The van der Waals surface area contributed by atoms with Crippen LogP contribution in [0.15, 0.2) is 64.4 Å². The minimum atomic E-state index is -0.0291. The van der Waals surface area contributed by atoms with E-state index in [1.54, 1.807) is 12.1 Å². The lowest BCUT2D eigenvalue weighted by Gasteiger charge is -2.06. The molecule has 0 aliphatic heterocycles. The summed E-state index contributed by atoms with van der Waals surface area (Å²) in [5.74, 6) is 2.84. The summed E-state index contributed by atoms with van der Waals surface area (Å²) in [5, 5.41) is 1.88. The van der Waals surface area contributed by atoms with Gasteiger partial charge in [-0.15, -0.1) is 11.3 Å². The number of ether oxygens (including phenoxy) is 2. The van der Waals surface area contributed by atoms with Gasteiger partial charge < -0.3 is 13.9 Å². The molecule has 5 heteroatoms. The maximum absolute atomic E-state index is 11.9. The van der Waals surface area contributed by atoms with Crippen LogP contribution in [0.2, 0.25) is 0 Å². The summed E-state index contributed by atoms with van der Waals surface area (Å²) in [7, 11) is 0. The first-order valence-corrected chi connectivity index (χ1v) is 8.83. The van der Waals surface area contributed by atoms with E-state index in [2.05, 4.69) is 0 Å². The van der Waals surface area contributed by atoms with Gasteiger partial charge >= 0.3 is 0 Å². The van der Waals surface area contributed by atoms with Crippen molar-refractivity contribution in [3.8, 4) is 11.5 Å². The summed E-state index contributed by atoms with van der Waals surface area (Å²) in [6, 6.07) is 14.8. The van der Waals surface area contributed by atoms with Gasteiger partial charge in [-0.2, -0.15) is 0 Å². The van der Waals surface area contributed by atoms with Crippen molar-refractivity contribution in [3.63, 3.8) is 0 Å². The fourth-order valence-electron chi connectivity index (χ4n) is 2.17. The Labute approximate surface area is 150 Å². The van der Waals surface area contributed by atoms with Crippen molar-refractivity contribution in [2.24, 2.45) is 0 Å². The van der Waals surface area contributed by atoms with E-state index in [9.17, 15) is 4.79 Å². The molecular formula is C20H18O4S. The van der Waals surface area contributed by atoms with E-state index in [0.29, 0.717) is 29.6 Å². The molecule has 0 aliphatic rings. The second-order valence-corrected chi connectivity index (χ2v) is 6.12. The lowest BCUT2D eigenvalue weighted by molar-refractivity contribution is 0.105. The fourth-order valence-corrected chi connectivity index (χ4v) is 2.82. The van der Waals surface area contributed by atoms with Crippen LogP contribution in [0.4, 0.5) is 0 Å². The molecule has 1 aromatic carbocycles. The van der Waals surface area contributed by atoms with E-state index in [4.69, 9.17) is 13.9 Å². The third kappa shape index (κ3) is 4.84. The highest BCUT2D eigenvalue weighted by Crippen LogP contribution is 2.19. The summed E-state index contributed by atoms with van der Waals surface area (Å²) in [4.78, 5) is 12.6. The minimum Gasteiger partial charge on any atom is -0.494 e. The summed E-state index contributed by atoms with van der Waals surface area (Å²) >= 11 is 1.42. The van der Waals surface area contributed by atoms with Gasteiger partial charge in [0.15, 0.2) is 5.78 Å². The highest BCUT2D eigenvalue weighted by molar-refractivity contribution is 7.12. The van der Waals surface area contributed by atoms with Crippen LogP contribution < -0.4 is 9.47 Å². The van der Waals surface area contributed by atoms with Gasteiger partial charge in [-0.05, 0) is 66.9 Å². The van der Waals surface area contributed by atoms with Crippen LogP contribution in [-0.4, -0.2) is 12.4 Å². The number of hydrogen-bond acceptors (Lipinski definition) is 5. The number of allylic oxidation sites excluding steroid dienone is 1. The smallest absolute Gasteiger partial charge is 0.195 e. The molecule has 0 saturated carbocycles. The molecule has 0 spiro atoms. The Morgan fingerprint density at radius 1 is 1.08 bits per heavy atom. The van der Waals surface area contributed by atoms with Gasteiger partial charge in [0.1, 0.15) is 29.6 Å². The SMILES string of the molecule is CCOc1ccc(OCc2ccc(/C=C/C(=O)c3cccs3)o2)cc1. The molecule has 3 rings (SSSR count). The van der Waals surface area contributed by atoms with E-state index in [0.717, 1.165) is 11.5 Å². The molecule has 25 heavy (non-hydrogen) atoms. The van der Waals surface area contributed by atoms with Crippen LogP contribution in [0.5, 0.6) is 11.5 Å². The van der Waals surface area contributed by atoms with E-state index >= 15 is 0 Å². The Balaban J connectivity index is 1.54. The second-order valence-electron chi connectivity index (χ2n) is 5.17. The number of ketones is 1. The Hall–Kier alpha value is -2.79. The topological polar surface area (TPSA) is 48.7 Å². The maximum Gasteiger partial charge on any atom is 0.195 e. The number of rotatable bonds is 8. The highest BCUT2D eigenvalue weighted by atomic mass is 32.1. The van der Waals surface area contributed by atoms with Crippen LogP contribution >= 0.6 is 11.3 Å². The van der Waals surface area contributed by atoms with Crippen LogP contribution in [-0.2, 0) is 6.61 Å². The predicted octanol–water partition coefficient (Wildman–Crippen LogP) is 5.21. The van der Waals surface area contributed by atoms with Gasteiger partial charge in [0.2, 0.25) is 0 Å².